The summed E-state index contributed by atoms with van der Waals surface area (Å²) in [5, 5.41) is 11.5. The van der Waals surface area contributed by atoms with E-state index in [2.05, 4.69) is 5.32 Å². The zero-order valence-corrected chi connectivity index (χ0v) is 11.3. The molecule has 0 aliphatic heterocycles. The standard InChI is InChI=1S/C13H22N2O4/c1-9(12(14)19)15-10(16)7-13(8-11(17)18)5-3-2-4-6-13/h9H,2-8H2,1H3,(H2,14,19)(H,15,16)(H,17,18). The molecule has 6 nitrogen and oxygen atoms in total. The van der Waals surface area contributed by atoms with Crippen LogP contribution in [-0.2, 0) is 14.4 Å². The molecule has 1 atom stereocenters. The molecule has 0 aromatic carbocycles. The van der Waals surface area contributed by atoms with Crippen molar-refractivity contribution >= 4 is 17.8 Å². The van der Waals surface area contributed by atoms with Gasteiger partial charge in [0, 0.05) is 6.42 Å². The van der Waals surface area contributed by atoms with Crippen LogP contribution in [0.3, 0.4) is 0 Å². The Labute approximate surface area is 112 Å². The maximum atomic E-state index is 11.9. The van der Waals surface area contributed by atoms with Crippen LogP contribution >= 0.6 is 0 Å². The van der Waals surface area contributed by atoms with Crippen molar-refractivity contribution in [2.75, 3.05) is 0 Å². The van der Waals surface area contributed by atoms with E-state index < -0.39 is 23.3 Å². The molecule has 6 heteroatoms. The van der Waals surface area contributed by atoms with Crippen molar-refractivity contribution in [1.29, 1.82) is 0 Å². The minimum Gasteiger partial charge on any atom is -0.481 e. The van der Waals surface area contributed by atoms with Crippen molar-refractivity contribution in [2.45, 2.75) is 57.9 Å². The molecule has 0 aromatic rings. The Hall–Kier alpha value is -1.59. The predicted octanol–water partition coefficient (Wildman–Crippen LogP) is 0.792. The van der Waals surface area contributed by atoms with E-state index >= 15 is 0 Å². The number of hydrogen-bond acceptors (Lipinski definition) is 3. The lowest BCUT2D eigenvalue weighted by Crippen LogP contribution is -2.44. The van der Waals surface area contributed by atoms with Crippen molar-refractivity contribution in [1.82, 2.24) is 5.32 Å². The molecular weight excluding hydrogens is 248 g/mol. The van der Waals surface area contributed by atoms with E-state index in [1.807, 2.05) is 0 Å². The third kappa shape index (κ3) is 4.89. The van der Waals surface area contributed by atoms with Crippen molar-refractivity contribution in [3.8, 4) is 0 Å². The highest BCUT2D eigenvalue weighted by Crippen LogP contribution is 2.42. The molecule has 0 aromatic heterocycles. The van der Waals surface area contributed by atoms with Crippen LogP contribution < -0.4 is 11.1 Å². The van der Waals surface area contributed by atoms with Crippen molar-refractivity contribution in [3.63, 3.8) is 0 Å². The second kappa shape index (κ2) is 6.54. The average Bonchev–Trinajstić information content (AvgIpc) is 2.28. The number of nitrogens with two attached hydrogens (primary N) is 1. The summed E-state index contributed by atoms with van der Waals surface area (Å²) in [6.45, 7) is 1.52. The maximum absolute atomic E-state index is 11.9. The summed E-state index contributed by atoms with van der Waals surface area (Å²) in [7, 11) is 0. The number of carboxylic acids is 1. The van der Waals surface area contributed by atoms with Gasteiger partial charge in [0.15, 0.2) is 0 Å². The molecule has 0 radical (unpaired) electrons. The molecule has 0 bridgehead atoms. The molecule has 1 unspecified atom stereocenters. The summed E-state index contributed by atoms with van der Waals surface area (Å²) < 4.78 is 0. The normalized spacial score (nSPS) is 19.4. The number of amides is 2. The van der Waals surface area contributed by atoms with Gasteiger partial charge in [-0.3, -0.25) is 14.4 Å². The number of aliphatic carboxylic acids is 1. The number of carbonyl (C=O) groups excluding carboxylic acids is 2. The lowest BCUT2D eigenvalue weighted by atomic mass is 9.69. The number of hydrogen-bond donors (Lipinski definition) is 3. The first-order valence-corrected chi connectivity index (χ1v) is 6.65. The Morgan fingerprint density at radius 3 is 2.26 bits per heavy atom. The quantitative estimate of drug-likeness (QED) is 0.662. The largest absolute Gasteiger partial charge is 0.481 e. The second-order valence-corrected chi connectivity index (χ2v) is 5.50. The molecule has 19 heavy (non-hydrogen) atoms. The van der Waals surface area contributed by atoms with Crippen LogP contribution in [0, 0.1) is 5.41 Å². The molecule has 1 saturated carbocycles. The molecule has 1 aliphatic carbocycles. The number of carbonyl (C=O) groups is 3. The summed E-state index contributed by atoms with van der Waals surface area (Å²) in [6, 6.07) is -0.724. The highest BCUT2D eigenvalue weighted by atomic mass is 16.4. The molecule has 4 N–H and O–H groups in total. The minimum absolute atomic E-state index is 0.00533. The summed E-state index contributed by atoms with van der Waals surface area (Å²) in [4.78, 5) is 33.8. The van der Waals surface area contributed by atoms with Crippen molar-refractivity contribution in [3.05, 3.63) is 0 Å². The van der Waals surface area contributed by atoms with Crippen LogP contribution in [0.2, 0.25) is 0 Å². The fourth-order valence-electron chi connectivity index (χ4n) is 2.74. The second-order valence-electron chi connectivity index (χ2n) is 5.50. The number of primary amides is 1. The molecule has 1 rings (SSSR count). The van der Waals surface area contributed by atoms with Crippen LogP contribution in [0.5, 0.6) is 0 Å². The first-order chi connectivity index (χ1) is 8.84. The van der Waals surface area contributed by atoms with Crippen molar-refractivity contribution in [2.24, 2.45) is 11.1 Å². The molecule has 0 saturated heterocycles. The van der Waals surface area contributed by atoms with Crippen LogP contribution in [0.1, 0.15) is 51.9 Å². The Morgan fingerprint density at radius 1 is 1.21 bits per heavy atom. The van der Waals surface area contributed by atoms with Gasteiger partial charge in [-0.2, -0.15) is 0 Å². The number of rotatable bonds is 6. The number of nitrogens with one attached hydrogen (secondary N) is 1. The van der Waals surface area contributed by atoms with Gasteiger partial charge < -0.3 is 16.2 Å². The van der Waals surface area contributed by atoms with Crippen molar-refractivity contribution < 1.29 is 19.5 Å². The highest BCUT2D eigenvalue weighted by molar-refractivity contribution is 5.86. The predicted molar refractivity (Wildman–Crippen MR) is 69.2 cm³/mol. The van der Waals surface area contributed by atoms with E-state index in [1.54, 1.807) is 0 Å². The molecule has 0 heterocycles. The maximum Gasteiger partial charge on any atom is 0.303 e. The van der Waals surface area contributed by atoms with Gasteiger partial charge in [0.1, 0.15) is 6.04 Å². The lowest BCUT2D eigenvalue weighted by Gasteiger charge is -2.35. The van der Waals surface area contributed by atoms with E-state index in [1.165, 1.54) is 6.92 Å². The average molecular weight is 270 g/mol. The topological polar surface area (TPSA) is 109 Å². The van der Waals surface area contributed by atoms with E-state index in [9.17, 15) is 14.4 Å². The molecule has 1 fully saturated rings. The molecule has 2 amide bonds. The van der Waals surface area contributed by atoms with E-state index in [4.69, 9.17) is 10.8 Å². The van der Waals surface area contributed by atoms with E-state index in [0.717, 1.165) is 32.1 Å². The minimum atomic E-state index is -0.877. The van der Waals surface area contributed by atoms with Gasteiger partial charge in [-0.1, -0.05) is 19.3 Å². The lowest BCUT2D eigenvalue weighted by molar-refractivity contribution is -0.141. The molecule has 0 spiro atoms. The molecule has 1 aliphatic rings. The van der Waals surface area contributed by atoms with Gasteiger partial charge >= 0.3 is 5.97 Å². The van der Waals surface area contributed by atoms with Gasteiger partial charge in [0.05, 0.1) is 6.42 Å². The Bertz CT molecular complexity index is 362. The van der Waals surface area contributed by atoms with Crippen LogP contribution in [-0.4, -0.2) is 28.9 Å². The van der Waals surface area contributed by atoms with Gasteiger partial charge in [-0.15, -0.1) is 0 Å². The van der Waals surface area contributed by atoms with Crippen LogP contribution in [0.15, 0.2) is 0 Å². The monoisotopic (exact) mass is 270 g/mol. The van der Waals surface area contributed by atoms with Gasteiger partial charge in [-0.25, -0.2) is 0 Å². The SMILES string of the molecule is CC(NC(=O)CC1(CC(=O)O)CCCCC1)C(N)=O. The smallest absolute Gasteiger partial charge is 0.303 e. The Kier molecular flexibility index (Phi) is 5.32. The zero-order chi connectivity index (χ0) is 14.5. The number of carboxylic acid groups (broad SMARTS) is 1. The van der Waals surface area contributed by atoms with Crippen LogP contribution in [0.25, 0.3) is 0 Å². The highest BCUT2D eigenvalue weighted by Gasteiger charge is 2.36. The van der Waals surface area contributed by atoms with Gasteiger partial charge in [0.25, 0.3) is 0 Å². The summed E-state index contributed by atoms with van der Waals surface area (Å²) in [5.74, 6) is -1.77. The first-order valence-electron chi connectivity index (χ1n) is 6.65. The van der Waals surface area contributed by atoms with Gasteiger partial charge in [0.2, 0.25) is 11.8 Å². The molecule has 108 valence electrons. The third-order valence-electron chi connectivity index (χ3n) is 3.78. The van der Waals surface area contributed by atoms with E-state index in [-0.39, 0.29) is 18.7 Å². The summed E-state index contributed by atoms with van der Waals surface area (Å²) in [5.41, 5.74) is 4.62. The summed E-state index contributed by atoms with van der Waals surface area (Å²) in [6.07, 6.45) is 4.64. The summed E-state index contributed by atoms with van der Waals surface area (Å²) >= 11 is 0. The Balaban J connectivity index is 2.64. The first kappa shape index (κ1) is 15.5. The fraction of sp³-hybridized carbons (Fsp3) is 0.769. The van der Waals surface area contributed by atoms with Crippen LogP contribution in [0.4, 0.5) is 0 Å². The van der Waals surface area contributed by atoms with Gasteiger partial charge in [-0.05, 0) is 25.2 Å². The Morgan fingerprint density at radius 2 is 1.79 bits per heavy atom. The molecular formula is C13H22N2O4. The zero-order valence-electron chi connectivity index (χ0n) is 11.3. The third-order valence-corrected chi connectivity index (χ3v) is 3.78. The fourth-order valence-corrected chi connectivity index (χ4v) is 2.74. The van der Waals surface area contributed by atoms with E-state index in [0.29, 0.717) is 0 Å².